The molecule has 0 saturated heterocycles. The summed E-state index contributed by atoms with van der Waals surface area (Å²) in [5.74, 6) is -0.0779. The van der Waals surface area contributed by atoms with E-state index in [1.807, 2.05) is 35.7 Å². The standard InChI is InChI=1S/C28H24FN5O3S/c1-18-5-6-20(28(35)33-26-14-19(16-29)11-12-30-26)15-23(18)25-17-31-27-24(4-3-13-34(25)27)32-21-7-9-22(10-8-21)38(2,36)37/h3-15,17,32H,16H2,1-2H3,(H,30,33,35). The molecule has 0 aliphatic rings. The normalized spacial score (nSPS) is 11.4. The summed E-state index contributed by atoms with van der Waals surface area (Å²) in [5.41, 5.74) is 5.54. The summed E-state index contributed by atoms with van der Waals surface area (Å²) in [6.45, 7) is 1.31. The number of aryl methyl sites for hydroxylation is 1. The Hall–Kier alpha value is -4.57. The van der Waals surface area contributed by atoms with Crippen LogP contribution >= 0.6 is 0 Å². The number of aromatic nitrogens is 3. The van der Waals surface area contributed by atoms with Crippen LogP contribution in [0.15, 0.2) is 90.2 Å². The number of sulfone groups is 1. The minimum Gasteiger partial charge on any atom is -0.352 e. The Morgan fingerprint density at radius 2 is 1.82 bits per heavy atom. The van der Waals surface area contributed by atoms with E-state index < -0.39 is 16.5 Å². The van der Waals surface area contributed by atoms with Gasteiger partial charge in [-0.1, -0.05) is 6.07 Å². The Kier molecular flexibility index (Phi) is 6.64. The van der Waals surface area contributed by atoms with E-state index in [9.17, 15) is 17.6 Å². The number of halogens is 1. The first kappa shape index (κ1) is 25.1. The van der Waals surface area contributed by atoms with Gasteiger partial charge in [0.05, 0.1) is 22.5 Å². The van der Waals surface area contributed by atoms with Gasteiger partial charge in [0.25, 0.3) is 5.91 Å². The zero-order chi connectivity index (χ0) is 26.9. The van der Waals surface area contributed by atoms with Crippen LogP contribution in [0.25, 0.3) is 16.9 Å². The number of carbonyl (C=O) groups is 1. The third-order valence-corrected chi connectivity index (χ3v) is 7.22. The SMILES string of the molecule is Cc1ccc(C(=O)Nc2cc(CF)ccn2)cc1-c1cnc2c(Nc3ccc(S(C)(=O)=O)cc3)cccn12. The molecule has 0 saturated carbocycles. The predicted octanol–water partition coefficient (Wildman–Crippen LogP) is 5.57. The van der Waals surface area contributed by atoms with Crippen molar-refractivity contribution >= 4 is 38.6 Å². The van der Waals surface area contributed by atoms with Gasteiger partial charge in [-0.25, -0.2) is 22.8 Å². The minimum absolute atomic E-state index is 0.245. The van der Waals surface area contributed by atoms with Crippen LogP contribution in [0, 0.1) is 6.92 Å². The molecular formula is C28H24FN5O3S. The number of hydrogen-bond donors (Lipinski definition) is 2. The van der Waals surface area contributed by atoms with Gasteiger partial charge in [-0.05, 0) is 78.7 Å². The van der Waals surface area contributed by atoms with E-state index in [-0.39, 0.29) is 16.6 Å². The van der Waals surface area contributed by atoms with Crippen molar-refractivity contribution in [2.24, 2.45) is 0 Å². The number of anilines is 3. The van der Waals surface area contributed by atoms with Gasteiger partial charge in [0, 0.05) is 35.5 Å². The van der Waals surface area contributed by atoms with E-state index in [2.05, 4.69) is 20.6 Å². The van der Waals surface area contributed by atoms with Crippen LogP contribution in [-0.2, 0) is 16.5 Å². The molecule has 0 atom stereocenters. The lowest BCUT2D eigenvalue weighted by Crippen LogP contribution is -2.13. The number of carbonyl (C=O) groups excluding carboxylic acids is 1. The van der Waals surface area contributed by atoms with Gasteiger partial charge in [-0.3, -0.25) is 9.20 Å². The molecule has 0 unspecified atom stereocenters. The zero-order valence-corrected chi connectivity index (χ0v) is 21.5. The van der Waals surface area contributed by atoms with Gasteiger partial charge < -0.3 is 10.6 Å². The molecule has 0 spiro atoms. The minimum atomic E-state index is -3.28. The van der Waals surface area contributed by atoms with Crippen molar-refractivity contribution in [1.29, 1.82) is 0 Å². The molecule has 38 heavy (non-hydrogen) atoms. The van der Waals surface area contributed by atoms with Gasteiger partial charge in [0.2, 0.25) is 0 Å². The number of rotatable bonds is 7. The Morgan fingerprint density at radius 3 is 2.55 bits per heavy atom. The first-order valence-electron chi connectivity index (χ1n) is 11.7. The molecule has 2 aromatic carbocycles. The van der Waals surface area contributed by atoms with Crippen molar-refractivity contribution in [3.8, 4) is 11.3 Å². The fourth-order valence-corrected chi connectivity index (χ4v) is 4.73. The van der Waals surface area contributed by atoms with Crippen LogP contribution in [0.2, 0.25) is 0 Å². The van der Waals surface area contributed by atoms with Crippen LogP contribution in [0.4, 0.5) is 21.6 Å². The van der Waals surface area contributed by atoms with Crippen molar-refractivity contribution in [2.75, 3.05) is 16.9 Å². The maximum absolute atomic E-state index is 13.0. The highest BCUT2D eigenvalue weighted by atomic mass is 32.2. The lowest BCUT2D eigenvalue weighted by atomic mass is 10.0. The average Bonchev–Trinajstić information content (AvgIpc) is 3.34. The molecule has 2 N–H and O–H groups in total. The van der Waals surface area contributed by atoms with E-state index in [4.69, 9.17) is 0 Å². The van der Waals surface area contributed by atoms with E-state index >= 15 is 0 Å². The zero-order valence-electron chi connectivity index (χ0n) is 20.6. The van der Waals surface area contributed by atoms with Crippen LogP contribution < -0.4 is 10.6 Å². The summed E-state index contributed by atoms with van der Waals surface area (Å²) in [5, 5.41) is 6.02. The number of pyridine rings is 2. The Balaban J connectivity index is 1.45. The number of nitrogens with one attached hydrogen (secondary N) is 2. The quantitative estimate of drug-likeness (QED) is 0.285. The summed E-state index contributed by atoms with van der Waals surface area (Å²) < 4.78 is 38.4. The molecule has 8 nitrogen and oxygen atoms in total. The number of nitrogens with zero attached hydrogens (tertiary/aromatic N) is 3. The van der Waals surface area contributed by atoms with Gasteiger partial charge in [-0.15, -0.1) is 0 Å². The second-order valence-corrected chi connectivity index (χ2v) is 10.9. The molecule has 0 aliphatic carbocycles. The van der Waals surface area contributed by atoms with Crippen LogP contribution in [0.5, 0.6) is 0 Å². The van der Waals surface area contributed by atoms with E-state index in [0.717, 1.165) is 28.2 Å². The highest BCUT2D eigenvalue weighted by Crippen LogP contribution is 2.30. The molecule has 3 heterocycles. The van der Waals surface area contributed by atoms with Gasteiger partial charge in [0.1, 0.15) is 12.5 Å². The van der Waals surface area contributed by atoms with Crippen molar-refractivity contribution in [2.45, 2.75) is 18.5 Å². The summed E-state index contributed by atoms with van der Waals surface area (Å²) in [6.07, 6.45) is 6.25. The molecule has 0 radical (unpaired) electrons. The van der Waals surface area contributed by atoms with Crippen LogP contribution in [0.1, 0.15) is 21.5 Å². The third-order valence-electron chi connectivity index (χ3n) is 6.09. The third kappa shape index (κ3) is 5.12. The number of fused-ring (bicyclic) bond motifs is 1. The highest BCUT2D eigenvalue weighted by Gasteiger charge is 2.15. The molecular weight excluding hydrogens is 505 g/mol. The average molecular weight is 530 g/mol. The molecule has 10 heteroatoms. The molecule has 0 aliphatic heterocycles. The van der Waals surface area contributed by atoms with Crippen molar-refractivity contribution in [3.05, 3.63) is 102 Å². The Labute approximate surface area is 219 Å². The lowest BCUT2D eigenvalue weighted by molar-refractivity contribution is 0.102. The molecule has 5 aromatic rings. The molecule has 0 fully saturated rings. The molecule has 0 bridgehead atoms. The van der Waals surface area contributed by atoms with E-state index in [1.54, 1.807) is 48.7 Å². The number of amides is 1. The highest BCUT2D eigenvalue weighted by molar-refractivity contribution is 7.90. The smallest absolute Gasteiger partial charge is 0.256 e. The number of imidazole rings is 1. The summed E-state index contributed by atoms with van der Waals surface area (Å²) in [6, 6.07) is 18.7. The summed E-state index contributed by atoms with van der Waals surface area (Å²) in [4.78, 5) is 21.9. The molecule has 1 amide bonds. The Bertz CT molecular complexity index is 1770. The first-order valence-corrected chi connectivity index (χ1v) is 13.6. The van der Waals surface area contributed by atoms with Gasteiger partial charge >= 0.3 is 0 Å². The maximum atomic E-state index is 13.0. The van der Waals surface area contributed by atoms with Crippen LogP contribution in [-0.4, -0.2) is 34.9 Å². The molecule has 3 aromatic heterocycles. The number of alkyl halides is 1. The van der Waals surface area contributed by atoms with Gasteiger partial charge in [-0.2, -0.15) is 0 Å². The fourth-order valence-electron chi connectivity index (χ4n) is 4.10. The summed E-state index contributed by atoms with van der Waals surface area (Å²) in [7, 11) is -3.28. The first-order chi connectivity index (χ1) is 18.2. The largest absolute Gasteiger partial charge is 0.352 e. The van der Waals surface area contributed by atoms with Crippen molar-refractivity contribution in [3.63, 3.8) is 0 Å². The topological polar surface area (TPSA) is 105 Å². The van der Waals surface area contributed by atoms with Gasteiger partial charge in [0.15, 0.2) is 15.5 Å². The number of benzene rings is 2. The molecule has 5 rings (SSSR count). The van der Waals surface area contributed by atoms with Crippen molar-refractivity contribution in [1.82, 2.24) is 14.4 Å². The maximum Gasteiger partial charge on any atom is 0.256 e. The second kappa shape index (κ2) is 10.1. The van der Waals surface area contributed by atoms with E-state index in [1.165, 1.54) is 18.5 Å². The Morgan fingerprint density at radius 1 is 1.03 bits per heavy atom. The fraction of sp³-hybridized carbons (Fsp3) is 0.107. The lowest BCUT2D eigenvalue weighted by Gasteiger charge is -2.11. The monoisotopic (exact) mass is 529 g/mol. The van der Waals surface area contributed by atoms with E-state index in [0.29, 0.717) is 16.8 Å². The molecule has 192 valence electrons. The van der Waals surface area contributed by atoms with Crippen LogP contribution in [0.3, 0.4) is 0 Å². The predicted molar refractivity (Wildman–Crippen MR) is 145 cm³/mol. The number of hydrogen-bond acceptors (Lipinski definition) is 6. The second-order valence-electron chi connectivity index (χ2n) is 8.85. The van der Waals surface area contributed by atoms with Crippen molar-refractivity contribution < 1.29 is 17.6 Å². The summed E-state index contributed by atoms with van der Waals surface area (Å²) >= 11 is 0.